The molecule has 0 heterocycles. The van der Waals surface area contributed by atoms with Gasteiger partial charge in [-0.3, -0.25) is 0 Å². The lowest BCUT2D eigenvalue weighted by Crippen LogP contribution is -2.29. The van der Waals surface area contributed by atoms with Gasteiger partial charge in [0.05, 0.1) is 0 Å². The summed E-state index contributed by atoms with van der Waals surface area (Å²) in [5.74, 6) is 1.84. The fourth-order valence-corrected chi connectivity index (χ4v) is 2.86. The Bertz CT molecular complexity index is 543. The Hall–Kier alpha value is -1.23. The SMILES string of the molecule is Cc1cccc(CSCc2cccc(B(O)O)c2)c1. The number of aryl methyl sites for hydroxylation is 1. The standard InChI is InChI=1S/C15H17BO2S/c1-12-4-2-5-13(8-12)10-19-11-14-6-3-7-15(9-14)16(17)18/h2-9,17-18H,10-11H2,1H3. The van der Waals surface area contributed by atoms with Crippen molar-refractivity contribution in [3.8, 4) is 0 Å². The van der Waals surface area contributed by atoms with E-state index >= 15 is 0 Å². The molecule has 0 spiro atoms. The molecular weight excluding hydrogens is 255 g/mol. The summed E-state index contributed by atoms with van der Waals surface area (Å²) in [7, 11) is -1.39. The van der Waals surface area contributed by atoms with Crippen LogP contribution in [0.15, 0.2) is 48.5 Å². The molecule has 4 heteroatoms. The zero-order valence-corrected chi connectivity index (χ0v) is 11.7. The van der Waals surface area contributed by atoms with Crippen LogP contribution in [0.3, 0.4) is 0 Å². The lowest BCUT2D eigenvalue weighted by Gasteiger charge is -2.05. The lowest BCUT2D eigenvalue weighted by atomic mass is 9.80. The van der Waals surface area contributed by atoms with Crippen LogP contribution in [-0.2, 0) is 11.5 Å². The van der Waals surface area contributed by atoms with Gasteiger partial charge < -0.3 is 10.0 Å². The highest BCUT2D eigenvalue weighted by molar-refractivity contribution is 7.97. The smallest absolute Gasteiger partial charge is 0.423 e. The minimum Gasteiger partial charge on any atom is -0.423 e. The molecule has 2 nitrogen and oxygen atoms in total. The minimum atomic E-state index is -1.39. The van der Waals surface area contributed by atoms with Crippen LogP contribution < -0.4 is 5.46 Å². The number of hydrogen-bond donors (Lipinski definition) is 2. The first kappa shape index (κ1) is 14.2. The minimum absolute atomic E-state index is 0.550. The average molecular weight is 272 g/mol. The predicted octanol–water partition coefficient (Wildman–Crippen LogP) is 2.11. The molecule has 0 saturated heterocycles. The summed E-state index contributed by atoms with van der Waals surface area (Å²) in [5, 5.41) is 18.3. The Morgan fingerprint density at radius 1 is 0.947 bits per heavy atom. The maximum atomic E-state index is 9.13. The van der Waals surface area contributed by atoms with Crippen molar-refractivity contribution in [3.05, 3.63) is 65.2 Å². The third-order valence-electron chi connectivity index (χ3n) is 2.87. The molecule has 98 valence electrons. The third kappa shape index (κ3) is 4.42. The van der Waals surface area contributed by atoms with E-state index in [1.54, 1.807) is 6.07 Å². The zero-order chi connectivity index (χ0) is 13.7. The highest BCUT2D eigenvalue weighted by Gasteiger charge is 2.10. The molecule has 2 aromatic rings. The van der Waals surface area contributed by atoms with Gasteiger partial charge in [-0.15, -0.1) is 0 Å². The molecule has 19 heavy (non-hydrogen) atoms. The fraction of sp³-hybridized carbons (Fsp3) is 0.200. The van der Waals surface area contributed by atoms with Crippen molar-refractivity contribution in [2.45, 2.75) is 18.4 Å². The van der Waals surface area contributed by atoms with Crippen LogP contribution in [0.2, 0.25) is 0 Å². The van der Waals surface area contributed by atoms with Crippen LogP contribution in [-0.4, -0.2) is 17.2 Å². The van der Waals surface area contributed by atoms with Crippen molar-refractivity contribution in [2.75, 3.05) is 0 Å². The molecule has 0 aliphatic carbocycles. The summed E-state index contributed by atoms with van der Waals surface area (Å²) < 4.78 is 0. The largest absolute Gasteiger partial charge is 0.488 e. The molecule has 0 saturated carbocycles. The Kier molecular flexibility index (Phi) is 5.08. The molecule has 0 radical (unpaired) electrons. The molecule has 0 fully saturated rings. The number of rotatable bonds is 5. The topological polar surface area (TPSA) is 40.5 Å². The summed E-state index contributed by atoms with van der Waals surface area (Å²) >= 11 is 1.83. The molecule has 0 bridgehead atoms. The van der Waals surface area contributed by atoms with Crippen molar-refractivity contribution >= 4 is 24.3 Å². The maximum Gasteiger partial charge on any atom is 0.488 e. The van der Waals surface area contributed by atoms with E-state index in [2.05, 4.69) is 31.2 Å². The van der Waals surface area contributed by atoms with Crippen LogP contribution >= 0.6 is 11.8 Å². The molecule has 0 aliphatic rings. The molecule has 2 rings (SSSR count). The average Bonchev–Trinajstić information content (AvgIpc) is 2.39. The first-order chi connectivity index (χ1) is 9.15. The van der Waals surface area contributed by atoms with E-state index < -0.39 is 7.12 Å². The normalized spacial score (nSPS) is 10.5. The van der Waals surface area contributed by atoms with Crippen LogP contribution in [0.25, 0.3) is 0 Å². The molecule has 0 aromatic heterocycles. The quantitative estimate of drug-likeness (QED) is 0.819. The second-order valence-corrected chi connectivity index (χ2v) is 5.59. The van der Waals surface area contributed by atoms with E-state index in [-0.39, 0.29) is 0 Å². The fourth-order valence-electron chi connectivity index (χ4n) is 1.93. The summed E-state index contributed by atoms with van der Waals surface area (Å²) in [6.45, 7) is 2.10. The van der Waals surface area contributed by atoms with Crippen LogP contribution in [0.5, 0.6) is 0 Å². The van der Waals surface area contributed by atoms with Gasteiger partial charge in [0.25, 0.3) is 0 Å². The Balaban J connectivity index is 1.90. The highest BCUT2D eigenvalue weighted by Crippen LogP contribution is 2.18. The molecule has 2 aromatic carbocycles. The lowest BCUT2D eigenvalue weighted by molar-refractivity contribution is 0.425. The van der Waals surface area contributed by atoms with Crippen molar-refractivity contribution in [3.63, 3.8) is 0 Å². The Morgan fingerprint density at radius 2 is 1.58 bits per heavy atom. The van der Waals surface area contributed by atoms with Gasteiger partial charge in [-0.25, -0.2) is 0 Å². The first-order valence-electron chi connectivity index (χ1n) is 6.23. The van der Waals surface area contributed by atoms with Crippen molar-refractivity contribution in [2.24, 2.45) is 0 Å². The van der Waals surface area contributed by atoms with Crippen molar-refractivity contribution in [1.29, 1.82) is 0 Å². The van der Waals surface area contributed by atoms with Gasteiger partial charge in [-0.2, -0.15) is 11.8 Å². The molecular formula is C15H17BO2S. The molecule has 0 unspecified atom stereocenters. The monoisotopic (exact) mass is 272 g/mol. The predicted molar refractivity (Wildman–Crippen MR) is 82.4 cm³/mol. The molecule has 0 aliphatic heterocycles. The molecule has 2 N–H and O–H groups in total. The number of thioether (sulfide) groups is 1. The van der Waals surface area contributed by atoms with Crippen LogP contribution in [0.4, 0.5) is 0 Å². The van der Waals surface area contributed by atoms with E-state index in [4.69, 9.17) is 10.0 Å². The number of benzene rings is 2. The first-order valence-corrected chi connectivity index (χ1v) is 7.39. The number of hydrogen-bond acceptors (Lipinski definition) is 3. The highest BCUT2D eigenvalue weighted by atomic mass is 32.2. The summed E-state index contributed by atoms with van der Waals surface area (Å²) in [6, 6.07) is 15.9. The Labute approximate surface area is 118 Å². The van der Waals surface area contributed by atoms with E-state index in [1.807, 2.05) is 30.0 Å². The second kappa shape index (κ2) is 6.80. The van der Waals surface area contributed by atoms with Crippen LogP contribution in [0.1, 0.15) is 16.7 Å². The van der Waals surface area contributed by atoms with E-state index in [0.29, 0.717) is 5.46 Å². The molecule has 0 amide bonds. The van der Waals surface area contributed by atoms with Gasteiger partial charge in [0.1, 0.15) is 0 Å². The molecule has 0 atom stereocenters. The van der Waals surface area contributed by atoms with Gasteiger partial charge >= 0.3 is 7.12 Å². The summed E-state index contributed by atoms with van der Waals surface area (Å²) in [5.41, 5.74) is 4.27. The van der Waals surface area contributed by atoms with Crippen molar-refractivity contribution in [1.82, 2.24) is 0 Å². The Morgan fingerprint density at radius 3 is 2.21 bits per heavy atom. The van der Waals surface area contributed by atoms with Gasteiger partial charge in [0.2, 0.25) is 0 Å². The summed E-state index contributed by atoms with van der Waals surface area (Å²) in [6.07, 6.45) is 0. The van der Waals surface area contributed by atoms with Gasteiger partial charge in [0.15, 0.2) is 0 Å². The van der Waals surface area contributed by atoms with E-state index in [0.717, 1.165) is 17.1 Å². The maximum absolute atomic E-state index is 9.13. The van der Waals surface area contributed by atoms with Gasteiger partial charge in [-0.1, -0.05) is 54.1 Å². The van der Waals surface area contributed by atoms with E-state index in [9.17, 15) is 0 Å². The second-order valence-electron chi connectivity index (χ2n) is 4.60. The van der Waals surface area contributed by atoms with Crippen molar-refractivity contribution < 1.29 is 10.0 Å². The third-order valence-corrected chi connectivity index (χ3v) is 3.94. The van der Waals surface area contributed by atoms with Gasteiger partial charge in [0, 0.05) is 11.5 Å². The van der Waals surface area contributed by atoms with E-state index in [1.165, 1.54) is 11.1 Å². The zero-order valence-electron chi connectivity index (χ0n) is 10.9. The van der Waals surface area contributed by atoms with Gasteiger partial charge in [-0.05, 0) is 23.5 Å². The summed E-state index contributed by atoms with van der Waals surface area (Å²) in [4.78, 5) is 0. The van der Waals surface area contributed by atoms with Crippen LogP contribution in [0, 0.1) is 6.92 Å².